The minimum atomic E-state index is -1.07. The van der Waals surface area contributed by atoms with Gasteiger partial charge in [-0.1, -0.05) is 133 Å². The van der Waals surface area contributed by atoms with Crippen molar-refractivity contribution in [2.45, 2.75) is 31.0 Å². The van der Waals surface area contributed by atoms with E-state index in [1.165, 1.54) is 29.3 Å². The Kier molecular flexibility index (Phi) is 12.7. The second-order valence-electron chi connectivity index (χ2n) is 15.7. The van der Waals surface area contributed by atoms with Gasteiger partial charge in [0.1, 0.15) is 18.5 Å². The van der Waals surface area contributed by atoms with Crippen LogP contribution in [-0.4, -0.2) is 90.1 Å². The molecule has 0 aliphatic carbocycles. The average Bonchev–Trinajstić information content (AvgIpc) is 3.27. The maximum atomic E-state index is 14.2. The number of rotatable bonds is 14. The van der Waals surface area contributed by atoms with Crippen molar-refractivity contribution in [1.29, 1.82) is 0 Å². The summed E-state index contributed by atoms with van der Waals surface area (Å²) in [6.07, 6.45) is -0.452. The summed E-state index contributed by atoms with van der Waals surface area (Å²) in [6, 6.07) is 47.4. The Hall–Kier alpha value is -6.60. The number of carbonyl (C=O) groups excluding carboxylic acids is 2. The molecule has 3 heterocycles. The van der Waals surface area contributed by atoms with E-state index in [0.717, 1.165) is 37.3 Å². The van der Waals surface area contributed by atoms with E-state index in [2.05, 4.69) is 92.8 Å². The third kappa shape index (κ3) is 9.26. The van der Waals surface area contributed by atoms with Gasteiger partial charge in [0, 0.05) is 63.6 Å². The fourth-order valence-electron chi connectivity index (χ4n) is 8.83. The van der Waals surface area contributed by atoms with E-state index in [9.17, 15) is 19.7 Å². The van der Waals surface area contributed by atoms with Crippen molar-refractivity contribution >= 4 is 17.6 Å². The molecule has 12 nitrogen and oxygen atoms in total. The van der Waals surface area contributed by atoms with Gasteiger partial charge in [-0.2, -0.15) is 0 Å². The summed E-state index contributed by atoms with van der Waals surface area (Å²) in [4.78, 5) is 46.8. The summed E-state index contributed by atoms with van der Waals surface area (Å²) in [5, 5.41) is 14.9. The highest BCUT2D eigenvalue weighted by atomic mass is 16.6. The van der Waals surface area contributed by atoms with Gasteiger partial charge in [-0.3, -0.25) is 24.8 Å². The summed E-state index contributed by atoms with van der Waals surface area (Å²) < 4.78 is 12.1. The van der Waals surface area contributed by atoms with E-state index >= 15 is 0 Å². The molecule has 5 aromatic carbocycles. The van der Waals surface area contributed by atoms with Crippen LogP contribution in [0, 0.1) is 10.1 Å². The van der Waals surface area contributed by atoms with Crippen LogP contribution in [0.2, 0.25) is 0 Å². The fourth-order valence-corrected chi connectivity index (χ4v) is 8.83. The molecule has 0 radical (unpaired) electrons. The van der Waals surface area contributed by atoms with Crippen LogP contribution in [0.25, 0.3) is 0 Å². The van der Waals surface area contributed by atoms with Crippen molar-refractivity contribution in [1.82, 2.24) is 20.0 Å². The second-order valence-corrected chi connectivity index (χ2v) is 15.7. The minimum Gasteiger partial charge on any atom is -0.461 e. The molecule has 0 amide bonds. The monoisotopic (exact) mass is 818 g/mol. The highest BCUT2D eigenvalue weighted by Gasteiger charge is 2.42. The normalized spacial score (nSPS) is 17.9. The minimum absolute atomic E-state index is 0.00155. The highest BCUT2D eigenvalue weighted by Crippen LogP contribution is 2.41. The van der Waals surface area contributed by atoms with E-state index in [0.29, 0.717) is 30.9 Å². The van der Waals surface area contributed by atoms with Gasteiger partial charge in [0.25, 0.3) is 5.69 Å². The molecular weight excluding hydrogens is 769 g/mol. The molecule has 0 aromatic heterocycles. The molecule has 0 bridgehead atoms. The SMILES string of the molecule is CC1=C(C(=O)OCCN2CCN(C(c3ccccc3)c3ccccc3)CC2)C(c2cccc([N+](=O)[O-])c2)C(C(=O)OC2CN(C(c3ccccc3)c3ccccc3)C2)=C(N)N1. The van der Waals surface area contributed by atoms with E-state index in [-0.39, 0.29) is 41.3 Å². The van der Waals surface area contributed by atoms with E-state index in [1.807, 2.05) is 48.5 Å². The number of ether oxygens (including phenoxy) is 2. The van der Waals surface area contributed by atoms with Crippen molar-refractivity contribution in [3.8, 4) is 0 Å². The van der Waals surface area contributed by atoms with Gasteiger partial charge in [0.05, 0.1) is 34.1 Å². The van der Waals surface area contributed by atoms with Gasteiger partial charge in [-0.05, 0) is 34.7 Å². The summed E-state index contributed by atoms with van der Waals surface area (Å²) >= 11 is 0. The Labute approximate surface area is 356 Å². The Balaban J connectivity index is 0.945. The third-order valence-electron chi connectivity index (χ3n) is 11.8. The number of non-ortho nitro benzene ring substituents is 1. The molecule has 12 heteroatoms. The largest absolute Gasteiger partial charge is 0.461 e. The van der Waals surface area contributed by atoms with Crippen LogP contribution in [0.4, 0.5) is 5.69 Å². The molecule has 3 aliphatic rings. The van der Waals surface area contributed by atoms with Crippen LogP contribution in [0.15, 0.2) is 168 Å². The molecule has 1 atom stereocenters. The number of nitrogens with zero attached hydrogens (tertiary/aromatic N) is 4. The van der Waals surface area contributed by atoms with Gasteiger partial charge in [0.2, 0.25) is 0 Å². The first-order valence-corrected chi connectivity index (χ1v) is 20.7. The first kappa shape index (κ1) is 41.1. The predicted octanol–water partition coefficient (Wildman–Crippen LogP) is 6.69. The standard InChI is InChI=1S/C49H50N6O6/c1-34-42(48(56)60-30-29-52-25-27-53(28-26-52)45(35-15-6-2-7-16-35)36-17-8-3-9-18-36)43(39-23-14-24-40(31-39)55(58)59)44(47(50)51-34)49(57)61-41-32-54(33-41)46(37-19-10-4-11-20-37)38-21-12-5-13-22-38/h2-24,31,41,43,45-46,51H,25-30,32-33,50H2,1H3. The molecule has 1 unspecified atom stereocenters. The van der Waals surface area contributed by atoms with E-state index in [4.69, 9.17) is 15.2 Å². The number of carbonyl (C=O) groups is 2. The van der Waals surface area contributed by atoms with Crippen molar-refractivity contribution in [3.63, 3.8) is 0 Å². The zero-order valence-electron chi connectivity index (χ0n) is 34.1. The fraction of sp³-hybridized carbons (Fsp3) is 0.265. The Morgan fingerprint density at radius 3 is 1.72 bits per heavy atom. The van der Waals surface area contributed by atoms with E-state index < -0.39 is 28.9 Å². The van der Waals surface area contributed by atoms with Crippen molar-refractivity contribution in [3.05, 3.63) is 206 Å². The number of nitro groups is 1. The number of nitrogens with two attached hydrogens (primary N) is 1. The van der Waals surface area contributed by atoms with Crippen LogP contribution in [0.3, 0.4) is 0 Å². The number of allylic oxidation sites excluding steroid dienone is 1. The lowest BCUT2D eigenvalue weighted by molar-refractivity contribution is -0.384. The maximum absolute atomic E-state index is 14.2. The predicted molar refractivity (Wildman–Crippen MR) is 233 cm³/mol. The number of likely N-dealkylation sites (tertiary alicyclic amines) is 1. The molecule has 5 aromatic rings. The number of hydrogen-bond acceptors (Lipinski definition) is 11. The number of esters is 2. The first-order valence-electron chi connectivity index (χ1n) is 20.7. The van der Waals surface area contributed by atoms with Crippen LogP contribution in [0.1, 0.15) is 52.7 Å². The first-order chi connectivity index (χ1) is 29.7. The van der Waals surface area contributed by atoms with Crippen LogP contribution in [-0.2, 0) is 19.1 Å². The highest BCUT2D eigenvalue weighted by molar-refractivity contribution is 6.00. The van der Waals surface area contributed by atoms with Gasteiger partial charge < -0.3 is 20.5 Å². The zero-order valence-corrected chi connectivity index (χ0v) is 34.1. The van der Waals surface area contributed by atoms with Crippen molar-refractivity contribution in [2.75, 3.05) is 52.4 Å². The second kappa shape index (κ2) is 18.8. The third-order valence-corrected chi connectivity index (χ3v) is 11.8. The van der Waals surface area contributed by atoms with Gasteiger partial charge in [0.15, 0.2) is 0 Å². The summed E-state index contributed by atoms with van der Waals surface area (Å²) in [5.74, 6) is -2.41. The smallest absolute Gasteiger partial charge is 0.339 e. The van der Waals surface area contributed by atoms with Crippen molar-refractivity contribution in [2.24, 2.45) is 5.73 Å². The molecule has 2 saturated heterocycles. The molecular formula is C49H50N6O6. The van der Waals surface area contributed by atoms with Crippen LogP contribution in [0.5, 0.6) is 0 Å². The Bertz CT molecular complexity index is 2300. The van der Waals surface area contributed by atoms with Gasteiger partial charge >= 0.3 is 11.9 Å². The molecule has 0 spiro atoms. The Morgan fingerprint density at radius 1 is 0.705 bits per heavy atom. The number of benzene rings is 5. The molecule has 61 heavy (non-hydrogen) atoms. The summed E-state index contributed by atoms with van der Waals surface area (Å²) in [6.45, 7) is 6.50. The van der Waals surface area contributed by atoms with Crippen molar-refractivity contribution < 1.29 is 24.0 Å². The quantitative estimate of drug-likeness (QED) is 0.0703. The molecule has 3 aliphatic heterocycles. The van der Waals surface area contributed by atoms with Gasteiger partial charge in [-0.15, -0.1) is 0 Å². The molecule has 0 saturated carbocycles. The lowest BCUT2D eigenvalue weighted by Gasteiger charge is -2.44. The average molecular weight is 819 g/mol. The topological polar surface area (TPSA) is 144 Å². The lowest BCUT2D eigenvalue weighted by atomic mass is 9.81. The maximum Gasteiger partial charge on any atom is 0.339 e. The number of hydrogen-bond donors (Lipinski definition) is 2. The Morgan fingerprint density at radius 2 is 1.21 bits per heavy atom. The zero-order chi connectivity index (χ0) is 42.3. The molecule has 2 fully saturated rings. The number of dihydropyridines is 1. The number of nitrogens with one attached hydrogen (secondary N) is 1. The van der Waals surface area contributed by atoms with Crippen LogP contribution < -0.4 is 11.1 Å². The molecule has 8 rings (SSSR count). The molecule has 3 N–H and O–H groups in total. The summed E-state index contributed by atoms with van der Waals surface area (Å²) in [7, 11) is 0. The summed E-state index contributed by atoms with van der Waals surface area (Å²) in [5.41, 5.74) is 12.0. The number of nitro benzene ring substituents is 1. The van der Waals surface area contributed by atoms with Gasteiger partial charge in [-0.25, -0.2) is 9.59 Å². The van der Waals surface area contributed by atoms with Crippen LogP contribution >= 0.6 is 0 Å². The molecule has 312 valence electrons. The van der Waals surface area contributed by atoms with E-state index in [1.54, 1.807) is 13.0 Å². The lowest BCUT2D eigenvalue weighted by Crippen LogP contribution is -2.54. The number of piperazine rings is 1.